The lowest BCUT2D eigenvalue weighted by Gasteiger charge is -2.17. The Hall–Kier alpha value is -3.25. The lowest BCUT2D eigenvalue weighted by Crippen LogP contribution is -2.29. The van der Waals surface area contributed by atoms with Crippen LogP contribution in [0.2, 0.25) is 0 Å². The molecular weight excluding hydrogens is 344 g/mol. The van der Waals surface area contributed by atoms with E-state index in [1.807, 2.05) is 78.2 Å². The Morgan fingerprint density at radius 1 is 0.962 bits per heavy atom. The third-order valence-electron chi connectivity index (χ3n) is 3.98. The highest BCUT2D eigenvalue weighted by Crippen LogP contribution is 2.26. The molecule has 0 aliphatic heterocycles. The van der Waals surface area contributed by atoms with Crippen molar-refractivity contribution in [1.29, 1.82) is 0 Å². The topological polar surface area (TPSA) is 59.8 Å². The molecule has 4 aromatic rings. The fraction of sp³-hybridized carbons (Fsp3) is 0.0500. The van der Waals surface area contributed by atoms with Gasteiger partial charge in [0.2, 0.25) is 0 Å². The summed E-state index contributed by atoms with van der Waals surface area (Å²) in [5.74, 6) is -0.255. The molecule has 2 aromatic carbocycles. The number of hydrogen-bond donors (Lipinski definition) is 1. The average Bonchev–Trinajstić information content (AvgIpc) is 3.39. The number of rotatable bonds is 5. The zero-order valence-corrected chi connectivity index (χ0v) is 14.6. The van der Waals surface area contributed by atoms with E-state index in [2.05, 4.69) is 15.6 Å². The number of aromatic nitrogens is 3. The summed E-state index contributed by atoms with van der Waals surface area (Å²) in [7, 11) is 0. The fourth-order valence-electron chi connectivity index (χ4n) is 2.70. The van der Waals surface area contributed by atoms with Gasteiger partial charge in [-0.25, -0.2) is 4.68 Å². The molecule has 1 amide bonds. The molecule has 1 unspecified atom stereocenters. The second kappa shape index (κ2) is 7.33. The molecule has 0 bridgehead atoms. The maximum atomic E-state index is 12.7. The number of thiophene rings is 1. The number of carbonyl (C=O) groups excluding carboxylic acids is 1. The predicted molar refractivity (Wildman–Crippen MR) is 101 cm³/mol. The van der Waals surface area contributed by atoms with Gasteiger partial charge in [0.05, 0.1) is 17.9 Å². The van der Waals surface area contributed by atoms with Crippen LogP contribution in [0.1, 0.15) is 27.0 Å². The SMILES string of the molecule is O=C(NC(c1ccccc1)c1cccs1)c1cn(-c2ccccc2)nn1. The number of carbonyl (C=O) groups is 1. The van der Waals surface area contributed by atoms with E-state index < -0.39 is 0 Å². The van der Waals surface area contributed by atoms with Crippen molar-refractivity contribution in [3.8, 4) is 5.69 Å². The minimum absolute atomic E-state index is 0.217. The van der Waals surface area contributed by atoms with Gasteiger partial charge in [-0.05, 0) is 29.1 Å². The van der Waals surface area contributed by atoms with Crippen LogP contribution in [0.25, 0.3) is 5.69 Å². The third-order valence-corrected chi connectivity index (χ3v) is 4.92. The van der Waals surface area contributed by atoms with E-state index in [0.29, 0.717) is 0 Å². The summed E-state index contributed by atoms with van der Waals surface area (Å²) >= 11 is 1.61. The largest absolute Gasteiger partial charge is 0.339 e. The Bertz CT molecular complexity index is 981. The first kappa shape index (κ1) is 16.2. The molecule has 5 nitrogen and oxygen atoms in total. The molecule has 6 heteroatoms. The zero-order chi connectivity index (χ0) is 17.8. The van der Waals surface area contributed by atoms with Gasteiger partial charge in [0, 0.05) is 4.88 Å². The van der Waals surface area contributed by atoms with E-state index in [0.717, 1.165) is 16.1 Å². The second-order valence-electron chi connectivity index (χ2n) is 5.72. The van der Waals surface area contributed by atoms with Crippen molar-refractivity contribution in [3.63, 3.8) is 0 Å². The highest BCUT2D eigenvalue weighted by Gasteiger charge is 2.20. The summed E-state index contributed by atoms with van der Waals surface area (Å²) in [5, 5.41) is 13.2. The van der Waals surface area contributed by atoms with Gasteiger partial charge in [0.15, 0.2) is 5.69 Å². The minimum atomic E-state index is -0.255. The van der Waals surface area contributed by atoms with E-state index in [1.54, 1.807) is 22.2 Å². The van der Waals surface area contributed by atoms with E-state index in [9.17, 15) is 4.79 Å². The van der Waals surface area contributed by atoms with Gasteiger partial charge in [0.25, 0.3) is 5.91 Å². The molecule has 1 atom stereocenters. The van der Waals surface area contributed by atoms with Gasteiger partial charge >= 0.3 is 0 Å². The van der Waals surface area contributed by atoms with Crippen LogP contribution in [0.4, 0.5) is 0 Å². The van der Waals surface area contributed by atoms with Gasteiger partial charge in [-0.1, -0.05) is 59.8 Å². The van der Waals surface area contributed by atoms with Crippen molar-refractivity contribution in [2.24, 2.45) is 0 Å². The maximum Gasteiger partial charge on any atom is 0.274 e. The Kier molecular flexibility index (Phi) is 4.57. The molecule has 0 saturated heterocycles. The normalized spacial score (nSPS) is 11.8. The van der Waals surface area contributed by atoms with Crippen LogP contribution in [0.3, 0.4) is 0 Å². The second-order valence-corrected chi connectivity index (χ2v) is 6.70. The van der Waals surface area contributed by atoms with Crippen molar-refractivity contribution in [3.05, 3.63) is 101 Å². The molecule has 2 aromatic heterocycles. The van der Waals surface area contributed by atoms with Crippen LogP contribution in [-0.2, 0) is 0 Å². The van der Waals surface area contributed by atoms with Crippen LogP contribution < -0.4 is 5.32 Å². The fourth-order valence-corrected chi connectivity index (χ4v) is 3.50. The number of nitrogens with one attached hydrogen (secondary N) is 1. The first-order valence-corrected chi connectivity index (χ1v) is 9.06. The number of nitrogens with zero attached hydrogens (tertiary/aromatic N) is 3. The lowest BCUT2D eigenvalue weighted by atomic mass is 10.1. The van der Waals surface area contributed by atoms with Crippen LogP contribution in [0.5, 0.6) is 0 Å². The molecule has 0 saturated carbocycles. The van der Waals surface area contributed by atoms with E-state index in [-0.39, 0.29) is 17.6 Å². The van der Waals surface area contributed by atoms with Crippen molar-refractivity contribution in [2.45, 2.75) is 6.04 Å². The Morgan fingerprint density at radius 2 is 1.69 bits per heavy atom. The van der Waals surface area contributed by atoms with E-state index >= 15 is 0 Å². The highest BCUT2D eigenvalue weighted by molar-refractivity contribution is 7.10. The summed E-state index contributed by atoms with van der Waals surface area (Å²) in [6.45, 7) is 0. The Balaban J connectivity index is 1.59. The van der Waals surface area contributed by atoms with Gasteiger partial charge in [-0.15, -0.1) is 16.4 Å². The smallest absolute Gasteiger partial charge is 0.274 e. The van der Waals surface area contributed by atoms with Gasteiger partial charge in [-0.3, -0.25) is 4.79 Å². The van der Waals surface area contributed by atoms with Crippen molar-refractivity contribution < 1.29 is 4.79 Å². The van der Waals surface area contributed by atoms with Gasteiger partial charge < -0.3 is 5.32 Å². The van der Waals surface area contributed by atoms with Crippen LogP contribution >= 0.6 is 11.3 Å². The van der Waals surface area contributed by atoms with Crippen LogP contribution in [0.15, 0.2) is 84.4 Å². The molecule has 128 valence electrons. The van der Waals surface area contributed by atoms with Crippen LogP contribution in [-0.4, -0.2) is 20.9 Å². The highest BCUT2D eigenvalue weighted by atomic mass is 32.1. The van der Waals surface area contributed by atoms with E-state index in [4.69, 9.17) is 0 Å². The molecule has 0 radical (unpaired) electrons. The van der Waals surface area contributed by atoms with Gasteiger partial charge in [0.1, 0.15) is 0 Å². The molecule has 0 spiro atoms. The van der Waals surface area contributed by atoms with Crippen molar-refractivity contribution in [1.82, 2.24) is 20.3 Å². The lowest BCUT2D eigenvalue weighted by molar-refractivity contribution is 0.0938. The first-order valence-electron chi connectivity index (χ1n) is 8.18. The van der Waals surface area contributed by atoms with Crippen molar-refractivity contribution in [2.75, 3.05) is 0 Å². The van der Waals surface area contributed by atoms with Crippen LogP contribution in [0, 0.1) is 0 Å². The average molecular weight is 360 g/mol. The molecule has 0 aliphatic rings. The number of para-hydroxylation sites is 1. The molecule has 26 heavy (non-hydrogen) atoms. The first-order chi connectivity index (χ1) is 12.8. The molecule has 4 rings (SSSR count). The summed E-state index contributed by atoms with van der Waals surface area (Å²) in [6, 6.07) is 23.3. The molecule has 1 N–H and O–H groups in total. The summed E-state index contributed by atoms with van der Waals surface area (Å²) in [4.78, 5) is 13.8. The van der Waals surface area contributed by atoms with E-state index in [1.165, 1.54) is 0 Å². The summed E-state index contributed by atoms with van der Waals surface area (Å²) in [6.07, 6.45) is 1.64. The maximum absolute atomic E-state index is 12.7. The quantitative estimate of drug-likeness (QED) is 0.588. The molecule has 0 fully saturated rings. The number of benzene rings is 2. The molecular formula is C20H16N4OS. The Labute approximate surface area is 154 Å². The minimum Gasteiger partial charge on any atom is -0.339 e. The number of amides is 1. The molecule has 2 heterocycles. The third kappa shape index (κ3) is 3.41. The van der Waals surface area contributed by atoms with Crippen molar-refractivity contribution >= 4 is 17.2 Å². The van der Waals surface area contributed by atoms with Gasteiger partial charge in [-0.2, -0.15) is 0 Å². The Morgan fingerprint density at radius 3 is 2.38 bits per heavy atom. The zero-order valence-electron chi connectivity index (χ0n) is 13.8. The predicted octanol–water partition coefficient (Wildman–Crippen LogP) is 3.85. The monoisotopic (exact) mass is 360 g/mol. The summed E-state index contributed by atoms with van der Waals surface area (Å²) < 4.78 is 1.59. The summed E-state index contributed by atoms with van der Waals surface area (Å²) in [5.41, 5.74) is 2.17. The molecule has 0 aliphatic carbocycles. The number of hydrogen-bond acceptors (Lipinski definition) is 4. The standard InChI is InChI=1S/C20H16N4OS/c25-20(17-14-24(23-22-17)16-10-5-2-6-11-16)21-19(18-12-7-13-26-18)15-8-3-1-4-9-15/h1-14,19H,(H,21,25).